The Kier molecular flexibility index (Phi) is 3.77. The fraction of sp³-hybridized carbons (Fsp3) is 0.529. The van der Waals surface area contributed by atoms with E-state index in [1.807, 2.05) is 46.1 Å². The second-order valence-corrected chi connectivity index (χ2v) is 7.26. The minimum Gasteiger partial charge on any atom is -0.478 e. The largest absolute Gasteiger partial charge is 0.495 e. The molecule has 2 aromatic rings. The number of aromatic nitrogens is 2. The number of imidazole rings is 1. The zero-order valence-corrected chi connectivity index (χ0v) is 15.0. The monoisotopic (exact) mass is 330 g/mol. The Morgan fingerprint density at radius 3 is 2.38 bits per heavy atom. The van der Waals surface area contributed by atoms with Crippen molar-refractivity contribution < 1.29 is 19.2 Å². The van der Waals surface area contributed by atoms with Gasteiger partial charge in [0.15, 0.2) is 0 Å². The van der Waals surface area contributed by atoms with E-state index in [1.54, 1.807) is 12.4 Å². The fourth-order valence-corrected chi connectivity index (χ4v) is 3.06. The highest BCUT2D eigenvalue weighted by Gasteiger charge is 2.52. The summed E-state index contributed by atoms with van der Waals surface area (Å²) in [5, 5.41) is 9.60. The number of rotatable bonds is 3. The van der Waals surface area contributed by atoms with Crippen molar-refractivity contribution in [3.8, 4) is 0 Å². The molecule has 128 valence electrons. The lowest BCUT2D eigenvalue weighted by atomic mass is 9.75. The molecule has 0 atom stereocenters. The third-order valence-corrected chi connectivity index (χ3v) is 5.26. The molecule has 0 radical (unpaired) electrons. The van der Waals surface area contributed by atoms with Gasteiger partial charge in [-0.05, 0) is 58.6 Å². The van der Waals surface area contributed by atoms with Crippen LogP contribution in [0, 0.1) is 6.92 Å². The highest BCUT2D eigenvalue weighted by Crippen LogP contribution is 2.37. The van der Waals surface area contributed by atoms with Crippen LogP contribution in [-0.2, 0) is 15.9 Å². The van der Waals surface area contributed by atoms with E-state index >= 15 is 0 Å². The lowest BCUT2D eigenvalue weighted by molar-refractivity contribution is 0.00578. The molecule has 0 unspecified atom stereocenters. The second kappa shape index (κ2) is 5.32. The molecule has 0 saturated carbocycles. The van der Waals surface area contributed by atoms with Crippen molar-refractivity contribution in [3.05, 3.63) is 23.5 Å². The summed E-state index contributed by atoms with van der Waals surface area (Å²) in [6.45, 7) is 12.6. The van der Waals surface area contributed by atoms with Crippen LogP contribution in [0.1, 0.15) is 50.5 Å². The molecule has 2 heterocycles. The van der Waals surface area contributed by atoms with Gasteiger partial charge < -0.3 is 19.0 Å². The van der Waals surface area contributed by atoms with E-state index in [4.69, 9.17) is 9.31 Å². The minimum atomic E-state index is -1.00. The molecule has 7 heteroatoms. The number of hydrogen-bond donors (Lipinski definition) is 1. The molecule has 1 N–H and O–H groups in total. The lowest BCUT2D eigenvalue weighted by Crippen LogP contribution is -2.41. The van der Waals surface area contributed by atoms with Gasteiger partial charge in [-0.1, -0.05) is 0 Å². The molecule has 3 rings (SSSR count). The van der Waals surface area contributed by atoms with Gasteiger partial charge >= 0.3 is 13.1 Å². The first kappa shape index (κ1) is 17.0. The third kappa shape index (κ3) is 2.34. The number of fused-ring (bicyclic) bond motifs is 1. The predicted octanol–water partition coefficient (Wildman–Crippen LogP) is 2.36. The van der Waals surface area contributed by atoms with Crippen LogP contribution in [-0.4, -0.2) is 38.9 Å². The van der Waals surface area contributed by atoms with Gasteiger partial charge in [-0.3, -0.25) is 0 Å². The highest BCUT2D eigenvalue weighted by atomic mass is 16.7. The molecule has 1 fully saturated rings. The summed E-state index contributed by atoms with van der Waals surface area (Å²) in [6, 6.07) is 1.63. The normalized spacial score (nSPS) is 19.2. The SMILES string of the molecule is CCn1cnc2c(C(=O)O)cc(B3OC(C)(C)C(C)(C)O3)c(C)c21. The maximum Gasteiger partial charge on any atom is 0.495 e. The Morgan fingerprint density at radius 1 is 1.29 bits per heavy atom. The first-order valence-corrected chi connectivity index (χ1v) is 8.16. The number of aryl methyl sites for hydroxylation is 2. The number of benzene rings is 1. The van der Waals surface area contributed by atoms with Crippen molar-refractivity contribution in [2.24, 2.45) is 0 Å². The molecule has 1 aliphatic rings. The molecular formula is C17H23BN2O4. The Morgan fingerprint density at radius 2 is 1.88 bits per heavy atom. The molecule has 1 aromatic carbocycles. The van der Waals surface area contributed by atoms with Gasteiger partial charge in [0.2, 0.25) is 0 Å². The smallest absolute Gasteiger partial charge is 0.478 e. The van der Waals surface area contributed by atoms with E-state index in [2.05, 4.69) is 4.98 Å². The van der Waals surface area contributed by atoms with Crippen LogP contribution in [0.4, 0.5) is 0 Å². The lowest BCUT2D eigenvalue weighted by Gasteiger charge is -2.32. The third-order valence-electron chi connectivity index (χ3n) is 5.26. The Labute approximate surface area is 141 Å². The Bertz CT molecular complexity index is 810. The van der Waals surface area contributed by atoms with E-state index in [0.29, 0.717) is 12.1 Å². The highest BCUT2D eigenvalue weighted by molar-refractivity contribution is 6.63. The minimum absolute atomic E-state index is 0.174. The zero-order chi connectivity index (χ0) is 17.9. The summed E-state index contributed by atoms with van der Waals surface area (Å²) in [5.74, 6) is -1.00. The van der Waals surface area contributed by atoms with Gasteiger partial charge in [0.25, 0.3) is 0 Å². The quantitative estimate of drug-likeness (QED) is 0.875. The zero-order valence-electron chi connectivity index (χ0n) is 15.0. The van der Waals surface area contributed by atoms with Crippen LogP contribution in [0.3, 0.4) is 0 Å². The standard InChI is InChI=1S/C17H23BN2O4/c1-7-20-9-19-13-11(15(21)22)8-12(10(2)14(13)20)18-23-16(3,4)17(5,6)24-18/h8-9H,7H2,1-6H3,(H,21,22). The van der Waals surface area contributed by atoms with Crippen molar-refractivity contribution in [1.29, 1.82) is 0 Å². The average molecular weight is 330 g/mol. The predicted molar refractivity (Wildman–Crippen MR) is 92.8 cm³/mol. The van der Waals surface area contributed by atoms with Crippen LogP contribution in [0.5, 0.6) is 0 Å². The van der Waals surface area contributed by atoms with Gasteiger partial charge in [0.1, 0.15) is 5.52 Å². The van der Waals surface area contributed by atoms with Crippen LogP contribution in [0.25, 0.3) is 11.0 Å². The first-order chi connectivity index (χ1) is 11.1. The van der Waals surface area contributed by atoms with Crippen LogP contribution in [0.2, 0.25) is 0 Å². The maximum absolute atomic E-state index is 11.7. The maximum atomic E-state index is 11.7. The van der Waals surface area contributed by atoms with E-state index in [9.17, 15) is 9.90 Å². The molecule has 24 heavy (non-hydrogen) atoms. The fourth-order valence-electron chi connectivity index (χ4n) is 3.06. The van der Waals surface area contributed by atoms with E-state index in [-0.39, 0.29) is 5.56 Å². The van der Waals surface area contributed by atoms with Crippen LogP contribution < -0.4 is 5.46 Å². The number of nitrogens with zero attached hydrogens (tertiary/aromatic N) is 2. The molecular weight excluding hydrogens is 307 g/mol. The number of carboxylic acid groups (broad SMARTS) is 1. The average Bonchev–Trinajstić information content (AvgIpc) is 2.98. The van der Waals surface area contributed by atoms with Gasteiger partial charge in [0, 0.05) is 6.54 Å². The van der Waals surface area contributed by atoms with Crippen molar-refractivity contribution in [1.82, 2.24) is 9.55 Å². The van der Waals surface area contributed by atoms with Gasteiger partial charge in [-0.2, -0.15) is 0 Å². The Balaban J connectivity index is 2.22. The summed E-state index contributed by atoms with van der Waals surface area (Å²) in [5.41, 5.74) is 2.22. The van der Waals surface area contributed by atoms with Crippen molar-refractivity contribution in [2.75, 3.05) is 0 Å². The molecule has 1 aromatic heterocycles. The van der Waals surface area contributed by atoms with Crippen LogP contribution in [0.15, 0.2) is 12.4 Å². The summed E-state index contributed by atoms with van der Waals surface area (Å²) in [7, 11) is -0.599. The van der Waals surface area contributed by atoms with E-state index in [0.717, 1.165) is 16.5 Å². The molecule has 6 nitrogen and oxygen atoms in total. The summed E-state index contributed by atoms with van der Waals surface area (Å²) in [6.07, 6.45) is 1.68. The number of carboxylic acids is 1. The van der Waals surface area contributed by atoms with Gasteiger partial charge in [-0.25, -0.2) is 9.78 Å². The molecule has 0 spiro atoms. The van der Waals surface area contributed by atoms with Crippen molar-refractivity contribution >= 4 is 29.6 Å². The second-order valence-electron chi connectivity index (χ2n) is 7.26. The van der Waals surface area contributed by atoms with Gasteiger partial charge in [0.05, 0.1) is 28.6 Å². The topological polar surface area (TPSA) is 73.6 Å². The number of hydrogen-bond acceptors (Lipinski definition) is 4. The molecule has 1 aliphatic heterocycles. The Hall–Kier alpha value is -1.86. The summed E-state index contributed by atoms with van der Waals surface area (Å²) < 4.78 is 14.2. The molecule has 0 bridgehead atoms. The van der Waals surface area contributed by atoms with Crippen molar-refractivity contribution in [2.45, 2.75) is 59.3 Å². The summed E-state index contributed by atoms with van der Waals surface area (Å²) in [4.78, 5) is 16.0. The molecule has 0 amide bonds. The molecule has 1 saturated heterocycles. The number of carbonyl (C=O) groups is 1. The van der Waals surface area contributed by atoms with Crippen LogP contribution >= 0.6 is 0 Å². The summed E-state index contributed by atoms with van der Waals surface area (Å²) >= 11 is 0. The first-order valence-electron chi connectivity index (χ1n) is 8.16. The van der Waals surface area contributed by atoms with E-state index < -0.39 is 24.3 Å². The number of aromatic carboxylic acids is 1. The molecule has 0 aliphatic carbocycles. The van der Waals surface area contributed by atoms with Gasteiger partial charge in [-0.15, -0.1) is 0 Å². The van der Waals surface area contributed by atoms with Crippen molar-refractivity contribution in [3.63, 3.8) is 0 Å². The van der Waals surface area contributed by atoms with E-state index in [1.165, 1.54) is 0 Å².